The lowest BCUT2D eigenvalue weighted by Crippen LogP contribution is -2.53. The Balaban J connectivity index is 1.89. The molecule has 0 amide bonds. The molecule has 2 nitrogen and oxygen atoms in total. The van der Waals surface area contributed by atoms with Gasteiger partial charge in [0.25, 0.3) is 0 Å². The lowest BCUT2D eigenvalue weighted by Gasteiger charge is -2.57. The Hall–Kier alpha value is -0.630. The number of allylic oxidation sites excluding steroid dienone is 2. The summed E-state index contributed by atoms with van der Waals surface area (Å²) in [5.74, 6) is 2.72. The van der Waals surface area contributed by atoms with E-state index in [0.29, 0.717) is 30.1 Å². The van der Waals surface area contributed by atoms with E-state index >= 15 is 0 Å². The van der Waals surface area contributed by atoms with E-state index in [1.165, 1.54) is 31.3 Å². The molecule has 22 heavy (non-hydrogen) atoms. The molecular formula is C20H30O2. The van der Waals surface area contributed by atoms with Gasteiger partial charge in [-0.25, -0.2) is 0 Å². The maximum Gasteiger partial charge on any atom is 0.159 e. The van der Waals surface area contributed by atoms with Crippen molar-refractivity contribution in [2.75, 3.05) is 6.61 Å². The van der Waals surface area contributed by atoms with Gasteiger partial charge in [0, 0.05) is 18.4 Å². The van der Waals surface area contributed by atoms with Gasteiger partial charge in [-0.2, -0.15) is 0 Å². The summed E-state index contributed by atoms with van der Waals surface area (Å²) in [7, 11) is 0. The number of carbonyl (C=O) groups excluding carboxylic acids is 1. The van der Waals surface area contributed by atoms with Crippen molar-refractivity contribution in [1.82, 2.24) is 0 Å². The Morgan fingerprint density at radius 3 is 2.55 bits per heavy atom. The third-order valence-corrected chi connectivity index (χ3v) is 8.28. The summed E-state index contributed by atoms with van der Waals surface area (Å²) < 4.78 is 0. The van der Waals surface area contributed by atoms with Crippen molar-refractivity contribution in [2.45, 2.75) is 65.7 Å². The van der Waals surface area contributed by atoms with E-state index in [0.717, 1.165) is 30.8 Å². The highest BCUT2D eigenvalue weighted by atomic mass is 16.3. The third kappa shape index (κ3) is 1.58. The van der Waals surface area contributed by atoms with Crippen LogP contribution in [0.4, 0.5) is 0 Å². The van der Waals surface area contributed by atoms with Crippen LogP contribution in [0.25, 0.3) is 0 Å². The average molecular weight is 302 g/mol. The fourth-order valence-corrected chi connectivity index (χ4v) is 7.15. The number of aliphatic hydroxyl groups excluding tert-OH is 1. The van der Waals surface area contributed by atoms with Gasteiger partial charge in [-0.1, -0.05) is 45.1 Å². The van der Waals surface area contributed by atoms with Crippen molar-refractivity contribution in [3.05, 3.63) is 11.1 Å². The zero-order valence-electron chi connectivity index (χ0n) is 14.3. The van der Waals surface area contributed by atoms with Crippen molar-refractivity contribution in [3.8, 4) is 0 Å². The van der Waals surface area contributed by atoms with Crippen LogP contribution in [-0.2, 0) is 4.79 Å². The van der Waals surface area contributed by atoms with Crippen molar-refractivity contribution in [2.24, 2.45) is 34.5 Å². The van der Waals surface area contributed by atoms with Crippen LogP contribution in [-0.4, -0.2) is 17.5 Å². The number of hydrogen-bond acceptors (Lipinski definition) is 2. The summed E-state index contributed by atoms with van der Waals surface area (Å²) in [6, 6.07) is 0. The minimum absolute atomic E-state index is 0.0689. The van der Waals surface area contributed by atoms with Gasteiger partial charge in [0.1, 0.15) is 0 Å². The molecule has 0 aromatic heterocycles. The zero-order chi connectivity index (χ0) is 15.7. The number of Topliss-reactive ketones (excluding diaryl/α,β-unsaturated/α-hetero) is 1. The molecule has 0 unspecified atom stereocenters. The number of hydrogen-bond donors (Lipinski definition) is 1. The third-order valence-electron chi connectivity index (χ3n) is 8.28. The first-order valence-electron chi connectivity index (χ1n) is 9.27. The summed E-state index contributed by atoms with van der Waals surface area (Å²) in [4.78, 5) is 12.6. The SMILES string of the molecule is CC1=C2C[C@H]3C[C@H](CO)[C@@H](C4CCCC4)[C@]2(CC1=O)C3(C)C. The van der Waals surface area contributed by atoms with Crippen LogP contribution in [0.5, 0.6) is 0 Å². The predicted molar refractivity (Wildman–Crippen MR) is 87.3 cm³/mol. The van der Waals surface area contributed by atoms with Crippen LogP contribution in [0, 0.1) is 34.5 Å². The Morgan fingerprint density at radius 1 is 1.23 bits per heavy atom. The minimum Gasteiger partial charge on any atom is -0.396 e. The smallest absolute Gasteiger partial charge is 0.159 e. The van der Waals surface area contributed by atoms with E-state index in [-0.39, 0.29) is 10.8 Å². The number of ketones is 1. The number of carbonyl (C=O) groups is 1. The van der Waals surface area contributed by atoms with Gasteiger partial charge < -0.3 is 5.11 Å². The monoisotopic (exact) mass is 302 g/mol. The molecule has 0 heterocycles. The highest BCUT2D eigenvalue weighted by molar-refractivity contribution is 6.00. The van der Waals surface area contributed by atoms with Crippen LogP contribution in [0.2, 0.25) is 0 Å². The summed E-state index contributed by atoms with van der Waals surface area (Å²) in [5.41, 5.74) is 2.87. The summed E-state index contributed by atoms with van der Waals surface area (Å²) >= 11 is 0. The van der Waals surface area contributed by atoms with Gasteiger partial charge >= 0.3 is 0 Å². The Morgan fingerprint density at radius 2 is 1.91 bits per heavy atom. The Kier molecular flexibility index (Phi) is 3.18. The fraction of sp³-hybridized carbons (Fsp3) is 0.850. The highest BCUT2D eigenvalue weighted by Crippen LogP contribution is 2.74. The van der Waals surface area contributed by atoms with E-state index in [2.05, 4.69) is 20.8 Å². The first-order chi connectivity index (χ1) is 10.4. The number of rotatable bonds is 2. The molecule has 3 fully saturated rings. The molecular weight excluding hydrogens is 272 g/mol. The van der Waals surface area contributed by atoms with E-state index in [4.69, 9.17) is 0 Å². The standard InChI is InChI=1S/C20H30O2/c1-12-16-9-15-8-14(11-21)18(13-6-4-5-7-13)20(16,10-17(12)22)19(15,2)3/h13-15,18,21H,4-11H2,1-3H3/t14-,15-,18-,20-/m1/s1. The van der Waals surface area contributed by atoms with E-state index in [9.17, 15) is 9.90 Å². The summed E-state index contributed by atoms with van der Waals surface area (Å²) in [6.07, 6.45) is 8.31. The second kappa shape index (κ2) is 4.69. The van der Waals surface area contributed by atoms with Gasteiger partial charge in [-0.3, -0.25) is 4.79 Å². The topological polar surface area (TPSA) is 37.3 Å². The molecule has 4 atom stereocenters. The van der Waals surface area contributed by atoms with Crippen LogP contribution < -0.4 is 0 Å². The molecule has 0 aliphatic heterocycles. The van der Waals surface area contributed by atoms with Gasteiger partial charge in [0.05, 0.1) is 0 Å². The molecule has 0 aromatic rings. The summed E-state index contributed by atoms with van der Waals surface area (Å²) in [5, 5.41) is 10.1. The molecule has 4 aliphatic carbocycles. The lowest BCUT2D eigenvalue weighted by atomic mass is 9.47. The zero-order valence-corrected chi connectivity index (χ0v) is 14.3. The summed E-state index contributed by atoms with van der Waals surface area (Å²) in [6.45, 7) is 7.23. The first kappa shape index (κ1) is 14.9. The molecule has 122 valence electrons. The molecule has 0 aromatic carbocycles. The second-order valence-electron chi connectivity index (χ2n) is 9.05. The molecule has 3 saturated carbocycles. The van der Waals surface area contributed by atoms with Crippen LogP contribution in [0.1, 0.15) is 65.7 Å². The van der Waals surface area contributed by atoms with Crippen LogP contribution >= 0.6 is 0 Å². The Labute approximate surface area is 134 Å². The van der Waals surface area contributed by atoms with Crippen LogP contribution in [0.3, 0.4) is 0 Å². The van der Waals surface area contributed by atoms with Gasteiger partial charge in [0.2, 0.25) is 0 Å². The molecule has 1 N–H and O–H groups in total. The molecule has 1 spiro atoms. The van der Waals surface area contributed by atoms with E-state index in [1.54, 1.807) is 0 Å². The fourth-order valence-electron chi connectivity index (χ4n) is 7.15. The molecule has 0 radical (unpaired) electrons. The maximum absolute atomic E-state index is 12.6. The normalized spacial score (nSPS) is 44.0. The van der Waals surface area contributed by atoms with Crippen LogP contribution in [0.15, 0.2) is 11.1 Å². The van der Waals surface area contributed by atoms with E-state index < -0.39 is 0 Å². The first-order valence-corrected chi connectivity index (χ1v) is 9.27. The molecule has 4 rings (SSSR count). The minimum atomic E-state index is 0.0689. The molecule has 0 saturated heterocycles. The lowest BCUT2D eigenvalue weighted by molar-refractivity contribution is -0.126. The molecule has 4 aliphatic rings. The van der Waals surface area contributed by atoms with Gasteiger partial charge in [-0.15, -0.1) is 0 Å². The average Bonchev–Trinajstić information content (AvgIpc) is 3.09. The van der Waals surface area contributed by atoms with Crippen molar-refractivity contribution in [1.29, 1.82) is 0 Å². The van der Waals surface area contributed by atoms with Crippen molar-refractivity contribution >= 4 is 5.78 Å². The second-order valence-corrected chi connectivity index (χ2v) is 9.05. The van der Waals surface area contributed by atoms with Gasteiger partial charge in [0.15, 0.2) is 5.78 Å². The number of aliphatic hydroxyl groups is 1. The van der Waals surface area contributed by atoms with Crippen molar-refractivity contribution < 1.29 is 9.90 Å². The molecule has 2 bridgehead atoms. The van der Waals surface area contributed by atoms with Gasteiger partial charge in [-0.05, 0) is 54.4 Å². The highest BCUT2D eigenvalue weighted by Gasteiger charge is 2.69. The Bertz CT molecular complexity index is 538. The maximum atomic E-state index is 12.6. The van der Waals surface area contributed by atoms with E-state index in [1.807, 2.05) is 0 Å². The largest absolute Gasteiger partial charge is 0.396 e. The number of fused-ring (bicyclic) bond motifs is 1. The molecule has 2 heteroatoms. The predicted octanol–water partition coefficient (Wildman–Crippen LogP) is 4.13. The van der Waals surface area contributed by atoms with Crippen molar-refractivity contribution in [3.63, 3.8) is 0 Å². The quantitative estimate of drug-likeness (QED) is 0.833.